The van der Waals surface area contributed by atoms with Gasteiger partial charge in [-0.25, -0.2) is 4.39 Å². The number of nitrogens with zero attached hydrogens (tertiary/aromatic N) is 1. The van der Waals surface area contributed by atoms with Gasteiger partial charge in [-0.2, -0.15) is 0 Å². The highest BCUT2D eigenvalue weighted by Crippen LogP contribution is 2.23. The number of anilines is 1. The average Bonchev–Trinajstić information content (AvgIpc) is 2.19. The van der Waals surface area contributed by atoms with Gasteiger partial charge in [0.1, 0.15) is 5.82 Å². The van der Waals surface area contributed by atoms with Crippen LogP contribution in [0.15, 0.2) is 24.3 Å². The molecule has 1 aromatic rings. The molecule has 0 aliphatic carbocycles. The first-order valence-corrected chi connectivity index (χ1v) is 5.26. The SMILES string of the molecule is CC1CCN(c2cccc(F)c2)CC1. The van der Waals surface area contributed by atoms with Gasteiger partial charge in [-0.05, 0) is 37.0 Å². The predicted molar refractivity (Wildman–Crippen MR) is 57.0 cm³/mol. The van der Waals surface area contributed by atoms with E-state index in [1.807, 2.05) is 6.07 Å². The molecule has 76 valence electrons. The normalized spacial score (nSPS) is 18.6. The van der Waals surface area contributed by atoms with E-state index in [0.29, 0.717) is 0 Å². The average molecular weight is 193 g/mol. The van der Waals surface area contributed by atoms with Crippen LogP contribution in [0.2, 0.25) is 0 Å². The summed E-state index contributed by atoms with van der Waals surface area (Å²) in [6, 6.07) is 6.88. The maximum absolute atomic E-state index is 13.0. The Morgan fingerprint density at radius 2 is 2.00 bits per heavy atom. The van der Waals surface area contributed by atoms with Crippen LogP contribution in [0, 0.1) is 11.7 Å². The van der Waals surface area contributed by atoms with E-state index in [4.69, 9.17) is 0 Å². The number of piperidine rings is 1. The number of halogens is 1. The summed E-state index contributed by atoms with van der Waals surface area (Å²) in [5, 5.41) is 0. The van der Waals surface area contributed by atoms with Gasteiger partial charge in [-0.15, -0.1) is 0 Å². The molecular formula is C12H16FN. The van der Waals surface area contributed by atoms with Gasteiger partial charge in [0.2, 0.25) is 0 Å². The smallest absolute Gasteiger partial charge is 0.125 e. The second-order valence-electron chi connectivity index (χ2n) is 4.15. The highest BCUT2D eigenvalue weighted by molar-refractivity contribution is 5.46. The van der Waals surface area contributed by atoms with Gasteiger partial charge < -0.3 is 4.90 Å². The molecule has 1 nitrogen and oxygen atoms in total. The number of benzene rings is 1. The lowest BCUT2D eigenvalue weighted by molar-refractivity contribution is 0.438. The zero-order valence-corrected chi connectivity index (χ0v) is 8.54. The summed E-state index contributed by atoms with van der Waals surface area (Å²) in [5.41, 5.74) is 1.02. The van der Waals surface area contributed by atoms with Crippen molar-refractivity contribution in [2.45, 2.75) is 19.8 Å². The summed E-state index contributed by atoms with van der Waals surface area (Å²) in [7, 11) is 0. The fraction of sp³-hybridized carbons (Fsp3) is 0.500. The van der Waals surface area contributed by atoms with Gasteiger partial charge >= 0.3 is 0 Å². The summed E-state index contributed by atoms with van der Waals surface area (Å²) >= 11 is 0. The second-order valence-corrected chi connectivity index (χ2v) is 4.15. The van der Waals surface area contributed by atoms with Gasteiger partial charge in [-0.3, -0.25) is 0 Å². The molecule has 0 amide bonds. The third kappa shape index (κ3) is 2.06. The molecular weight excluding hydrogens is 177 g/mol. The van der Waals surface area contributed by atoms with E-state index >= 15 is 0 Å². The predicted octanol–water partition coefficient (Wildman–Crippen LogP) is 3.06. The molecule has 0 unspecified atom stereocenters. The molecule has 1 aliphatic heterocycles. The lowest BCUT2D eigenvalue weighted by atomic mass is 9.99. The molecule has 0 N–H and O–H groups in total. The van der Waals surface area contributed by atoms with E-state index in [-0.39, 0.29) is 5.82 Å². The Bertz CT molecular complexity index is 303. The van der Waals surface area contributed by atoms with Crippen molar-refractivity contribution in [3.05, 3.63) is 30.1 Å². The van der Waals surface area contributed by atoms with Crippen LogP contribution < -0.4 is 4.90 Å². The summed E-state index contributed by atoms with van der Waals surface area (Å²) in [6.45, 7) is 4.40. The van der Waals surface area contributed by atoms with E-state index in [0.717, 1.165) is 24.7 Å². The lowest BCUT2D eigenvalue weighted by Crippen LogP contribution is -2.32. The summed E-state index contributed by atoms with van der Waals surface area (Å²) in [4.78, 5) is 2.27. The van der Waals surface area contributed by atoms with E-state index < -0.39 is 0 Å². The van der Waals surface area contributed by atoms with Gasteiger partial charge in [0.15, 0.2) is 0 Å². The summed E-state index contributed by atoms with van der Waals surface area (Å²) in [6.07, 6.45) is 2.44. The maximum Gasteiger partial charge on any atom is 0.125 e. The van der Waals surface area contributed by atoms with Crippen LogP contribution in [0.5, 0.6) is 0 Å². The quantitative estimate of drug-likeness (QED) is 0.662. The van der Waals surface area contributed by atoms with Crippen molar-refractivity contribution in [3.8, 4) is 0 Å². The molecule has 0 radical (unpaired) electrons. The fourth-order valence-electron chi connectivity index (χ4n) is 1.94. The van der Waals surface area contributed by atoms with Crippen molar-refractivity contribution in [2.75, 3.05) is 18.0 Å². The number of rotatable bonds is 1. The first kappa shape index (κ1) is 9.50. The Balaban J connectivity index is 2.08. The topological polar surface area (TPSA) is 3.24 Å². The van der Waals surface area contributed by atoms with Gasteiger partial charge in [-0.1, -0.05) is 13.0 Å². The van der Waals surface area contributed by atoms with Crippen LogP contribution in [-0.2, 0) is 0 Å². The highest BCUT2D eigenvalue weighted by Gasteiger charge is 2.15. The van der Waals surface area contributed by atoms with Gasteiger partial charge in [0.05, 0.1) is 0 Å². The minimum Gasteiger partial charge on any atom is -0.371 e. The van der Waals surface area contributed by atoms with Crippen LogP contribution in [0.3, 0.4) is 0 Å². The van der Waals surface area contributed by atoms with Gasteiger partial charge in [0.25, 0.3) is 0 Å². The van der Waals surface area contributed by atoms with Crippen LogP contribution in [-0.4, -0.2) is 13.1 Å². The molecule has 1 aromatic carbocycles. The molecule has 2 heteroatoms. The molecule has 1 fully saturated rings. The van der Waals surface area contributed by atoms with Crippen molar-refractivity contribution in [1.82, 2.24) is 0 Å². The van der Waals surface area contributed by atoms with Crippen molar-refractivity contribution >= 4 is 5.69 Å². The Hall–Kier alpha value is -1.05. The first-order valence-electron chi connectivity index (χ1n) is 5.26. The summed E-state index contributed by atoms with van der Waals surface area (Å²) in [5.74, 6) is 0.681. The standard InChI is InChI=1S/C12H16FN/c1-10-5-7-14(8-6-10)12-4-2-3-11(13)9-12/h2-4,9-10H,5-8H2,1H3. The van der Waals surface area contributed by atoms with Crippen LogP contribution >= 0.6 is 0 Å². The zero-order chi connectivity index (χ0) is 9.97. The third-order valence-electron chi connectivity index (χ3n) is 2.96. The molecule has 0 aromatic heterocycles. The Morgan fingerprint density at radius 3 is 2.64 bits per heavy atom. The van der Waals surface area contributed by atoms with Crippen LogP contribution in [0.4, 0.5) is 10.1 Å². The zero-order valence-electron chi connectivity index (χ0n) is 8.54. The van der Waals surface area contributed by atoms with Crippen molar-refractivity contribution in [3.63, 3.8) is 0 Å². The molecule has 0 spiro atoms. The number of hydrogen-bond acceptors (Lipinski definition) is 1. The van der Waals surface area contributed by atoms with E-state index in [1.54, 1.807) is 12.1 Å². The third-order valence-corrected chi connectivity index (χ3v) is 2.96. The molecule has 14 heavy (non-hydrogen) atoms. The van der Waals surface area contributed by atoms with Crippen molar-refractivity contribution < 1.29 is 4.39 Å². The molecule has 0 bridgehead atoms. The van der Waals surface area contributed by atoms with Crippen molar-refractivity contribution in [1.29, 1.82) is 0 Å². The molecule has 1 aliphatic rings. The highest BCUT2D eigenvalue weighted by atomic mass is 19.1. The fourth-order valence-corrected chi connectivity index (χ4v) is 1.94. The maximum atomic E-state index is 13.0. The molecule has 0 atom stereocenters. The molecule has 2 rings (SSSR count). The molecule has 1 saturated heterocycles. The monoisotopic (exact) mass is 193 g/mol. The number of hydrogen-bond donors (Lipinski definition) is 0. The second kappa shape index (κ2) is 3.99. The Morgan fingerprint density at radius 1 is 1.29 bits per heavy atom. The first-order chi connectivity index (χ1) is 6.75. The van der Waals surface area contributed by atoms with E-state index in [1.165, 1.54) is 18.9 Å². The van der Waals surface area contributed by atoms with Gasteiger partial charge in [0, 0.05) is 18.8 Å². The van der Waals surface area contributed by atoms with Crippen LogP contribution in [0.25, 0.3) is 0 Å². The Kier molecular flexibility index (Phi) is 2.71. The molecule has 0 saturated carbocycles. The van der Waals surface area contributed by atoms with E-state index in [2.05, 4.69) is 11.8 Å². The Labute approximate surface area is 84.5 Å². The largest absolute Gasteiger partial charge is 0.371 e. The van der Waals surface area contributed by atoms with E-state index in [9.17, 15) is 4.39 Å². The lowest BCUT2D eigenvalue weighted by Gasteiger charge is -2.32. The summed E-state index contributed by atoms with van der Waals surface area (Å²) < 4.78 is 13.0. The van der Waals surface area contributed by atoms with Crippen LogP contribution in [0.1, 0.15) is 19.8 Å². The minimum atomic E-state index is -0.138. The van der Waals surface area contributed by atoms with Crippen molar-refractivity contribution in [2.24, 2.45) is 5.92 Å². The molecule has 1 heterocycles. The minimum absolute atomic E-state index is 0.138.